The van der Waals surface area contributed by atoms with Crippen LogP contribution in [-0.2, 0) is 9.59 Å². The maximum Gasteiger partial charge on any atom is 0.223 e. The molecule has 0 aliphatic carbocycles. The van der Waals surface area contributed by atoms with E-state index in [1.165, 1.54) is 11.8 Å². The van der Waals surface area contributed by atoms with Crippen molar-refractivity contribution in [1.29, 1.82) is 0 Å². The third kappa shape index (κ3) is 2.88. The molecule has 0 saturated carbocycles. The summed E-state index contributed by atoms with van der Waals surface area (Å²) in [5.74, 6) is 0.186. The topological polar surface area (TPSA) is 67.2 Å². The van der Waals surface area contributed by atoms with Gasteiger partial charge in [0.05, 0.1) is 11.9 Å². The third-order valence-corrected chi connectivity index (χ3v) is 3.29. The van der Waals surface area contributed by atoms with Crippen LogP contribution in [0, 0.1) is 0 Å². The van der Waals surface area contributed by atoms with Crippen LogP contribution in [0.15, 0.2) is 34.9 Å². The molecule has 1 heterocycles. The highest BCUT2D eigenvalue weighted by molar-refractivity contribution is 9.10. The van der Waals surface area contributed by atoms with Crippen LogP contribution in [0.3, 0.4) is 0 Å². The SMILES string of the molecule is CC(=O)N(C)c1cn(-c2cccc(Br)c2)nc1NC=O. The number of anilines is 2. The molecule has 0 radical (unpaired) electrons. The van der Waals surface area contributed by atoms with Crippen molar-refractivity contribution in [3.05, 3.63) is 34.9 Å². The minimum Gasteiger partial charge on any atom is -0.311 e. The van der Waals surface area contributed by atoms with Crippen molar-refractivity contribution < 1.29 is 9.59 Å². The van der Waals surface area contributed by atoms with Crippen molar-refractivity contribution in [3.8, 4) is 5.69 Å². The molecule has 0 bridgehead atoms. The zero-order chi connectivity index (χ0) is 14.7. The van der Waals surface area contributed by atoms with Crippen LogP contribution in [0.1, 0.15) is 6.92 Å². The summed E-state index contributed by atoms with van der Waals surface area (Å²) in [6.07, 6.45) is 2.22. The number of carbonyl (C=O) groups is 2. The van der Waals surface area contributed by atoms with Gasteiger partial charge in [0.1, 0.15) is 5.69 Å². The Kier molecular flexibility index (Phi) is 4.19. The van der Waals surface area contributed by atoms with Crippen molar-refractivity contribution in [2.24, 2.45) is 0 Å². The molecular weight excluding hydrogens is 324 g/mol. The number of rotatable bonds is 4. The summed E-state index contributed by atoms with van der Waals surface area (Å²) >= 11 is 3.39. The highest BCUT2D eigenvalue weighted by Crippen LogP contribution is 2.26. The highest BCUT2D eigenvalue weighted by atomic mass is 79.9. The molecule has 0 aliphatic heterocycles. The number of aromatic nitrogens is 2. The summed E-state index contributed by atoms with van der Waals surface area (Å²) in [7, 11) is 1.63. The van der Waals surface area contributed by atoms with Gasteiger partial charge in [0.15, 0.2) is 5.82 Å². The monoisotopic (exact) mass is 336 g/mol. The standard InChI is InChI=1S/C13H13BrN4O2/c1-9(20)17(2)12-7-18(16-13(12)15-8-19)11-5-3-4-10(14)6-11/h3-8H,1-2H3,(H,15,16,19). The van der Waals surface area contributed by atoms with Crippen molar-refractivity contribution in [1.82, 2.24) is 9.78 Å². The molecule has 0 aliphatic rings. The quantitative estimate of drug-likeness (QED) is 0.870. The summed E-state index contributed by atoms with van der Waals surface area (Å²) in [5.41, 5.74) is 1.35. The second-order valence-electron chi connectivity index (χ2n) is 4.13. The molecule has 0 unspecified atom stereocenters. The van der Waals surface area contributed by atoms with Crippen LogP contribution in [0.25, 0.3) is 5.69 Å². The first-order valence-electron chi connectivity index (χ1n) is 5.83. The fraction of sp³-hybridized carbons (Fsp3) is 0.154. The van der Waals surface area contributed by atoms with E-state index in [1.807, 2.05) is 24.3 Å². The van der Waals surface area contributed by atoms with Gasteiger partial charge in [0.2, 0.25) is 12.3 Å². The fourth-order valence-electron chi connectivity index (χ4n) is 1.69. The number of amides is 2. The zero-order valence-corrected chi connectivity index (χ0v) is 12.6. The summed E-state index contributed by atoms with van der Waals surface area (Å²) in [6, 6.07) is 7.54. The molecule has 2 rings (SSSR count). The van der Waals surface area contributed by atoms with Gasteiger partial charge in [0.25, 0.3) is 0 Å². The molecular formula is C13H13BrN4O2. The number of halogens is 1. The normalized spacial score (nSPS) is 10.2. The molecule has 1 aromatic heterocycles. The number of nitrogens with zero attached hydrogens (tertiary/aromatic N) is 3. The van der Waals surface area contributed by atoms with Gasteiger partial charge >= 0.3 is 0 Å². The lowest BCUT2D eigenvalue weighted by atomic mass is 10.3. The van der Waals surface area contributed by atoms with Crippen LogP contribution >= 0.6 is 15.9 Å². The van der Waals surface area contributed by atoms with E-state index in [-0.39, 0.29) is 5.91 Å². The molecule has 0 fully saturated rings. The molecule has 20 heavy (non-hydrogen) atoms. The van der Waals surface area contributed by atoms with Crippen LogP contribution in [0.5, 0.6) is 0 Å². The Morgan fingerprint density at radius 1 is 1.50 bits per heavy atom. The Labute approximate surface area is 124 Å². The molecule has 2 amide bonds. The van der Waals surface area contributed by atoms with E-state index >= 15 is 0 Å². The molecule has 0 saturated heterocycles. The van der Waals surface area contributed by atoms with E-state index in [9.17, 15) is 9.59 Å². The number of nitrogens with one attached hydrogen (secondary N) is 1. The van der Waals surface area contributed by atoms with Gasteiger partial charge in [-0.2, -0.15) is 0 Å². The molecule has 1 aromatic carbocycles. The number of hydrogen-bond acceptors (Lipinski definition) is 3. The Balaban J connectivity index is 2.48. The molecule has 1 N–H and O–H groups in total. The van der Waals surface area contributed by atoms with Crippen molar-refractivity contribution >= 4 is 39.8 Å². The predicted molar refractivity (Wildman–Crippen MR) is 80.0 cm³/mol. The summed E-state index contributed by atoms with van der Waals surface area (Å²) < 4.78 is 2.52. The van der Waals surface area contributed by atoms with E-state index in [0.717, 1.165) is 10.2 Å². The smallest absolute Gasteiger partial charge is 0.223 e. The molecule has 2 aromatic rings. The van der Waals surface area contributed by atoms with Crippen molar-refractivity contribution in [2.45, 2.75) is 6.92 Å². The van der Waals surface area contributed by atoms with Gasteiger partial charge in [-0.05, 0) is 18.2 Å². The average molecular weight is 337 g/mol. The van der Waals surface area contributed by atoms with Crippen LogP contribution in [0.4, 0.5) is 11.5 Å². The van der Waals surface area contributed by atoms with Gasteiger partial charge < -0.3 is 10.2 Å². The van der Waals surface area contributed by atoms with E-state index < -0.39 is 0 Å². The zero-order valence-electron chi connectivity index (χ0n) is 11.0. The first kappa shape index (κ1) is 14.3. The summed E-state index contributed by atoms with van der Waals surface area (Å²) in [4.78, 5) is 23.5. The predicted octanol–water partition coefficient (Wildman–Crippen LogP) is 2.19. The van der Waals surface area contributed by atoms with Crippen LogP contribution in [-0.4, -0.2) is 29.1 Å². The maximum absolute atomic E-state index is 11.5. The molecule has 7 heteroatoms. The molecule has 0 spiro atoms. The Bertz CT molecular complexity index is 654. The first-order valence-corrected chi connectivity index (χ1v) is 6.62. The minimum absolute atomic E-state index is 0.146. The largest absolute Gasteiger partial charge is 0.311 e. The average Bonchev–Trinajstić information content (AvgIpc) is 2.82. The Morgan fingerprint density at radius 2 is 2.25 bits per heavy atom. The second-order valence-corrected chi connectivity index (χ2v) is 5.04. The van der Waals surface area contributed by atoms with Crippen molar-refractivity contribution in [2.75, 3.05) is 17.3 Å². The van der Waals surface area contributed by atoms with Crippen molar-refractivity contribution in [3.63, 3.8) is 0 Å². The maximum atomic E-state index is 11.5. The van der Waals surface area contributed by atoms with Gasteiger partial charge in [-0.1, -0.05) is 22.0 Å². The third-order valence-electron chi connectivity index (χ3n) is 2.80. The van der Waals surface area contributed by atoms with Gasteiger partial charge in [-0.3, -0.25) is 9.59 Å². The van der Waals surface area contributed by atoms with Gasteiger partial charge in [-0.25, -0.2) is 4.68 Å². The Morgan fingerprint density at radius 3 is 2.85 bits per heavy atom. The van der Waals surface area contributed by atoms with E-state index in [2.05, 4.69) is 26.3 Å². The minimum atomic E-state index is -0.146. The molecule has 6 nitrogen and oxygen atoms in total. The number of benzene rings is 1. The fourth-order valence-corrected chi connectivity index (χ4v) is 2.08. The lowest BCUT2D eigenvalue weighted by molar-refractivity contribution is -0.116. The lowest BCUT2D eigenvalue weighted by Gasteiger charge is -2.13. The van der Waals surface area contributed by atoms with E-state index in [1.54, 1.807) is 17.9 Å². The van der Waals surface area contributed by atoms with Gasteiger partial charge in [-0.15, -0.1) is 5.10 Å². The first-order chi connectivity index (χ1) is 9.52. The van der Waals surface area contributed by atoms with Crippen LogP contribution in [0.2, 0.25) is 0 Å². The number of hydrogen-bond donors (Lipinski definition) is 1. The van der Waals surface area contributed by atoms with Gasteiger partial charge in [0, 0.05) is 18.4 Å². The molecule has 104 valence electrons. The van der Waals surface area contributed by atoms with E-state index in [4.69, 9.17) is 0 Å². The summed E-state index contributed by atoms with van der Waals surface area (Å²) in [5, 5.41) is 6.77. The lowest BCUT2D eigenvalue weighted by Crippen LogP contribution is -2.23. The van der Waals surface area contributed by atoms with E-state index in [0.29, 0.717) is 17.9 Å². The summed E-state index contributed by atoms with van der Waals surface area (Å²) in [6.45, 7) is 1.45. The number of carbonyl (C=O) groups excluding carboxylic acids is 2. The Hall–Kier alpha value is -2.15. The molecule has 0 atom stereocenters. The highest BCUT2D eigenvalue weighted by Gasteiger charge is 2.16. The van der Waals surface area contributed by atoms with Crippen LogP contribution < -0.4 is 10.2 Å². The second kappa shape index (κ2) is 5.87.